The summed E-state index contributed by atoms with van der Waals surface area (Å²) in [6.45, 7) is 0. The van der Waals surface area contributed by atoms with Crippen LogP contribution in [0.5, 0.6) is 0 Å². The minimum atomic E-state index is -2.25. The average Bonchev–Trinajstić information content (AvgIpc) is 2.98. The van der Waals surface area contributed by atoms with E-state index in [0.717, 1.165) is 0 Å². The molecule has 0 spiro atoms. The monoisotopic (exact) mass is 682 g/mol. The van der Waals surface area contributed by atoms with Gasteiger partial charge in [0.25, 0.3) is 0 Å². The summed E-state index contributed by atoms with van der Waals surface area (Å²) < 4.78 is 0. The molecular weight excluding hydrogens is 642 g/mol. The predicted octanol–water partition coefficient (Wildman–Crippen LogP) is 11.7. The van der Waals surface area contributed by atoms with Gasteiger partial charge in [-0.2, -0.15) is 0 Å². The van der Waals surface area contributed by atoms with Gasteiger partial charge in [0, 0.05) is 0 Å². The maximum absolute atomic E-state index is 4.72. The second kappa shape index (κ2) is 12.3. The van der Waals surface area contributed by atoms with Crippen molar-refractivity contribution in [1.82, 2.24) is 0 Å². The minimum absolute atomic E-state index is 1.19. The van der Waals surface area contributed by atoms with Gasteiger partial charge >= 0.3 is 254 Å². The third kappa shape index (κ3) is 7.71. The van der Waals surface area contributed by atoms with E-state index in [-0.39, 0.29) is 0 Å². The van der Waals surface area contributed by atoms with Crippen LogP contribution < -0.4 is 0 Å². The molecule has 1 heterocycles. The quantitative estimate of drug-likeness (QED) is 0.162. The molecule has 0 amide bonds. The number of hydrogen-bond donors (Lipinski definition) is 0. The van der Waals surface area contributed by atoms with E-state index in [1.807, 2.05) is 0 Å². The second-order valence-corrected chi connectivity index (χ2v) is 34.5. The van der Waals surface area contributed by atoms with Crippen molar-refractivity contribution in [3.63, 3.8) is 0 Å². The summed E-state index contributed by atoms with van der Waals surface area (Å²) in [5, 5.41) is -4.51. The Morgan fingerprint density at radius 2 is 0.590 bits per heavy atom. The van der Waals surface area contributed by atoms with E-state index in [1.165, 1.54) is 90.8 Å². The number of halogens is 2. The number of hydrogen-bond acceptors (Lipinski definition) is 0. The second-order valence-electron chi connectivity index (χ2n) is 12.2. The van der Waals surface area contributed by atoms with Crippen LogP contribution in [0.2, 0.25) is 0 Å². The molecule has 1 fully saturated rings. The third-order valence-electron chi connectivity index (χ3n) is 8.80. The fraction of sp³-hybridized carbons (Fsp3) is 0.314. The maximum atomic E-state index is 4.72. The van der Waals surface area contributed by atoms with Crippen LogP contribution in [0.25, 0.3) is 0 Å². The normalized spacial score (nSPS) is 21.9. The van der Waals surface area contributed by atoms with Gasteiger partial charge in [-0.1, -0.05) is 0 Å². The van der Waals surface area contributed by atoms with E-state index in [9.17, 15) is 0 Å². The van der Waals surface area contributed by atoms with Crippen molar-refractivity contribution >= 4 is 41.6 Å². The standard InChI is InChI=1S/C35H42Br2P2/c36-38(28-32-16-5-1-6-17-32,29-33-18-7-2-8-19-33)24-13-14-25-39(37,27-15-26-38,30-34-20-9-3-10-21-34)31-35-22-11-4-12-23-35/h1-12,16-23H,13-15,24-31H2. The molecule has 0 aliphatic carbocycles. The van der Waals surface area contributed by atoms with Gasteiger partial charge < -0.3 is 0 Å². The van der Waals surface area contributed by atoms with Crippen LogP contribution in [-0.2, 0) is 24.6 Å². The Morgan fingerprint density at radius 1 is 0.359 bits per heavy atom. The first-order valence-corrected chi connectivity index (χ1v) is 24.4. The van der Waals surface area contributed by atoms with Gasteiger partial charge in [-0.3, -0.25) is 0 Å². The summed E-state index contributed by atoms with van der Waals surface area (Å²) in [6.07, 6.45) is 13.9. The first-order chi connectivity index (χ1) is 18.8. The van der Waals surface area contributed by atoms with E-state index in [0.29, 0.717) is 0 Å². The van der Waals surface area contributed by atoms with Gasteiger partial charge in [-0.15, -0.1) is 0 Å². The molecule has 5 rings (SSSR count). The van der Waals surface area contributed by atoms with Crippen LogP contribution in [0.4, 0.5) is 0 Å². The zero-order valence-corrected chi connectivity index (χ0v) is 27.9. The Balaban J connectivity index is 1.50. The van der Waals surface area contributed by atoms with E-state index < -0.39 is 10.6 Å². The molecule has 0 bridgehead atoms. The Kier molecular flexibility index (Phi) is 9.20. The van der Waals surface area contributed by atoms with Crippen molar-refractivity contribution in [3.8, 4) is 0 Å². The van der Waals surface area contributed by atoms with Gasteiger partial charge in [-0.25, -0.2) is 0 Å². The Bertz CT molecular complexity index is 1140. The fourth-order valence-electron chi connectivity index (χ4n) is 7.00. The van der Waals surface area contributed by atoms with Crippen LogP contribution in [0, 0.1) is 0 Å². The third-order valence-corrected chi connectivity index (χ3v) is 26.4. The predicted molar refractivity (Wildman–Crippen MR) is 186 cm³/mol. The summed E-state index contributed by atoms with van der Waals surface area (Å²) in [4.78, 5) is 0. The Labute approximate surface area is 252 Å². The van der Waals surface area contributed by atoms with Crippen LogP contribution in [0.15, 0.2) is 121 Å². The van der Waals surface area contributed by atoms with Crippen LogP contribution >= 0.6 is 41.6 Å². The Morgan fingerprint density at radius 3 is 0.846 bits per heavy atom. The molecule has 1 saturated heterocycles. The zero-order chi connectivity index (χ0) is 27.1. The summed E-state index contributed by atoms with van der Waals surface area (Å²) in [6, 6.07) is 45.1. The van der Waals surface area contributed by atoms with Gasteiger partial charge in [0.1, 0.15) is 0 Å². The van der Waals surface area contributed by atoms with E-state index in [1.54, 1.807) is 0 Å². The van der Waals surface area contributed by atoms with Gasteiger partial charge in [0.15, 0.2) is 0 Å². The molecule has 4 aromatic carbocycles. The molecule has 206 valence electrons. The molecule has 0 radical (unpaired) electrons. The summed E-state index contributed by atoms with van der Waals surface area (Å²) in [5.74, 6) is 0. The van der Waals surface area contributed by atoms with E-state index in [4.69, 9.17) is 31.0 Å². The van der Waals surface area contributed by atoms with Crippen molar-refractivity contribution in [2.45, 2.75) is 43.9 Å². The molecule has 0 aromatic heterocycles. The Hall–Kier alpha value is -1.30. The molecule has 0 atom stereocenters. The van der Waals surface area contributed by atoms with Crippen LogP contribution in [0.1, 0.15) is 41.5 Å². The zero-order valence-electron chi connectivity index (χ0n) is 23.0. The van der Waals surface area contributed by atoms with Crippen molar-refractivity contribution in [2.75, 3.05) is 24.6 Å². The average molecular weight is 684 g/mol. The van der Waals surface area contributed by atoms with Crippen molar-refractivity contribution in [1.29, 1.82) is 0 Å². The van der Waals surface area contributed by atoms with Crippen molar-refractivity contribution in [3.05, 3.63) is 144 Å². The molecule has 0 N–H and O–H groups in total. The molecule has 4 aromatic rings. The van der Waals surface area contributed by atoms with Crippen molar-refractivity contribution in [2.24, 2.45) is 0 Å². The molecule has 39 heavy (non-hydrogen) atoms. The van der Waals surface area contributed by atoms with Crippen molar-refractivity contribution < 1.29 is 0 Å². The molecule has 1 aliphatic rings. The summed E-state index contributed by atoms with van der Waals surface area (Å²) in [5.41, 5.74) is 5.97. The van der Waals surface area contributed by atoms with Gasteiger partial charge in [0.2, 0.25) is 0 Å². The summed E-state index contributed by atoms with van der Waals surface area (Å²) >= 11 is 9.43. The topological polar surface area (TPSA) is 0 Å². The molecule has 0 nitrogen and oxygen atoms in total. The first-order valence-electron chi connectivity index (χ1n) is 14.4. The molecular formula is C35H42Br2P2. The number of rotatable bonds is 8. The van der Waals surface area contributed by atoms with E-state index >= 15 is 0 Å². The van der Waals surface area contributed by atoms with Crippen LogP contribution in [-0.4, -0.2) is 24.6 Å². The summed E-state index contributed by atoms with van der Waals surface area (Å²) in [7, 11) is 0. The number of benzene rings is 4. The molecule has 0 unspecified atom stereocenters. The fourth-order valence-corrected chi connectivity index (χ4v) is 24.1. The van der Waals surface area contributed by atoms with Gasteiger partial charge in [0.05, 0.1) is 0 Å². The SMILES string of the molecule is BrP1(Cc2ccccc2)(Cc2ccccc2)CCCCP(Br)(Cc2ccccc2)(Cc2ccccc2)CCC1. The molecule has 4 heteroatoms. The van der Waals surface area contributed by atoms with E-state index in [2.05, 4.69) is 121 Å². The first kappa shape index (κ1) is 29.2. The van der Waals surface area contributed by atoms with Crippen LogP contribution in [0.3, 0.4) is 0 Å². The van der Waals surface area contributed by atoms with Gasteiger partial charge in [-0.05, 0) is 0 Å². The molecule has 0 saturated carbocycles. The molecule has 1 aliphatic heterocycles.